The van der Waals surface area contributed by atoms with Crippen LogP contribution in [0.1, 0.15) is 11.1 Å². The van der Waals surface area contributed by atoms with Crippen molar-refractivity contribution in [3.63, 3.8) is 0 Å². The monoisotopic (exact) mass is 410 g/mol. The van der Waals surface area contributed by atoms with E-state index in [0.717, 1.165) is 15.6 Å². The first-order chi connectivity index (χ1) is 14.6. The molecule has 4 aromatic rings. The smallest absolute Gasteiger partial charge is 0.257 e. The van der Waals surface area contributed by atoms with Gasteiger partial charge in [0.1, 0.15) is 12.2 Å². The van der Waals surface area contributed by atoms with Crippen molar-refractivity contribution in [3.8, 4) is 11.9 Å². The zero-order chi connectivity index (χ0) is 21.1. The Hall–Kier alpha value is -4.07. The molecule has 4 rings (SSSR count). The number of hydrogen-bond donors (Lipinski definition) is 1. The number of hydrogen-bond acceptors (Lipinski definition) is 7. The van der Waals surface area contributed by atoms with Crippen LogP contribution >= 0.6 is 0 Å². The quantitative estimate of drug-likeness (QED) is 0.499. The van der Waals surface area contributed by atoms with E-state index in [1.54, 1.807) is 29.2 Å². The second kappa shape index (κ2) is 8.12. The highest BCUT2D eigenvalue weighted by atomic mass is 19.3. The van der Waals surface area contributed by atoms with Crippen LogP contribution in [0.15, 0.2) is 42.9 Å². The Morgan fingerprint density at radius 1 is 1.27 bits per heavy atom. The Morgan fingerprint density at radius 3 is 2.87 bits per heavy atom. The SMILES string of the molecule is COc1nn(CC(F)F)cc1Nc1ncc2cnn(Cc3ccccc3C#N)c2n1. The maximum atomic E-state index is 12.6. The zero-order valence-electron chi connectivity index (χ0n) is 15.8. The number of alkyl halides is 2. The molecule has 0 atom stereocenters. The van der Waals surface area contributed by atoms with E-state index in [1.165, 1.54) is 13.3 Å². The van der Waals surface area contributed by atoms with Crippen molar-refractivity contribution in [2.75, 3.05) is 12.4 Å². The highest BCUT2D eigenvalue weighted by Crippen LogP contribution is 2.25. The van der Waals surface area contributed by atoms with Gasteiger partial charge in [0, 0.05) is 6.20 Å². The van der Waals surface area contributed by atoms with E-state index >= 15 is 0 Å². The molecule has 3 heterocycles. The van der Waals surface area contributed by atoms with E-state index in [0.29, 0.717) is 23.4 Å². The fourth-order valence-corrected chi connectivity index (χ4v) is 2.97. The average Bonchev–Trinajstić information content (AvgIpc) is 3.31. The van der Waals surface area contributed by atoms with E-state index in [-0.39, 0.29) is 11.8 Å². The van der Waals surface area contributed by atoms with Gasteiger partial charge >= 0.3 is 0 Å². The minimum atomic E-state index is -2.54. The van der Waals surface area contributed by atoms with E-state index < -0.39 is 13.0 Å². The van der Waals surface area contributed by atoms with Crippen LogP contribution < -0.4 is 10.1 Å². The normalized spacial score (nSPS) is 11.0. The second-order valence-corrected chi connectivity index (χ2v) is 6.33. The highest BCUT2D eigenvalue weighted by molar-refractivity contribution is 5.75. The van der Waals surface area contributed by atoms with Gasteiger partial charge in [-0.25, -0.2) is 18.4 Å². The fraction of sp³-hybridized carbons (Fsp3) is 0.211. The number of fused-ring (bicyclic) bond motifs is 1. The van der Waals surface area contributed by atoms with Gasteiger partial charge < -0.3 is 10.1 Å². The molecule has 0 spiro atoms. The number of rotatable bonds is 7. The first kappa shape index (κ1) is 19.3. The van der Waals surface area contributed by atoms with Crippen molar-refractivity contribution in [2.24, 2.45) is 0 Å². The van der Waals surface area contributed by atoms with Gasteiger partial charge in [-0.15, -0.1) is 5.10 Å². The van der Waals surface area contributed by atoms with Gasteiger partial charge in [-0.2, -0.15) is 15.3 Å². The lowest BCUT2D eigenvalue weighted by atomic mass is 10.1. The number of nitrogens with one attached hydrogen (secondary N) is 1. The van der Waals surface area contributed by atoms with Crippen LogP contribution in [-0.4, -0.2) is 43.1 Å². The van der Waals surface area contributed by atoms with Gasteiger partial charge in [0.05, 0.1) is 43.1 Å². The number of anilines is 2. The summed E-state index contributed by atoms with van der Waals surface area (Å²) < 4.78 is 33.2. The Bertz CT molecular complexity index is 1230. The number of ether oxygens (including phenoxy) is 1. The number of nitriles is 1. The van der Waals surface area contributed by atoms with Crippen LogP contribution in [0.25, 0.3) is 11.0 Å². The van der Waals surface area contributed by atoms with Gasteiger partial charge in [0.15, 0.2) is 5.65 Å². The van der Waals surface area contributed by atoms with Crippen LogP contribution in [0.2, 0.25) is 0 Å². The lowest BCUT2D eigenvalue weighted by Crippen LogP contribution is -2.06. The molecule has 0 aliphatic heterocycles. The molecule has 0 unspecified atom stereocenters. The molecule has 11 heteroatoms. The van der Waals surface area contributed by atoms with E-state index in [2.05, 4.69) is 31.6 Å². The summed E-state index contributed by atoms with van der Waals surface area (Å²) in [7, 11) is 1.39. The molecule has 0 amide bonds. The summed E-state index contributed by atoms with van der Waals surface area (Å²) in [5.41, 5.74) is 2.29. The van der Waals surface area contributed by atoms with Gasteiger partial charge in [-0.1, -0.05) is 18.2 Å². The molecule has 0 aliphatic carbocycles. The minimum Gasteiger partial charge on any atom is -0.478 e. The number of halogens is 2. The third-order valence-corrected chi connectivity index (χ3v) is 4.33. The molecule has 0 aliphatic rings. The highest BCUT2D eigenvalue weighted by Gasteiger charge is 2.15. The third kappa shape index (κ3) is 3.88. The number of benzene rings is 1. The lowest BCUT2D eigenvalue weighted by Gasteiger charge is -2.07. The maximum absolute atomic E-state index is 12.6. The predicted octanol–water partition coefficient (Wildman–Crippen LogP) is 2.96. The third-order valence-electron chi connectivity index (χ3n) is 4.33. The number of nitrogens with zero attached hydrogens (tertiary/aromatic N) is 7. The van der Waals surface area contributed by atoms with Gasteiger partial charge in [0.25, 0.3) is 12.3 Å². The summed E-state index contributed by atoms with van der Waals surface area (Å²) in [5.74, 6) is 0.378. The predicted molar refractivity (Wildman–Crippen MR) is 104 cm³/mol. The molecule has 0 bridgehead atoms. The van der Waals surface area contributed by atoms with Crippen LogP contribution in [0, 0.1) is 11.3 Å². The van der Waals surface area contributed by atoms with Crippen LogP contribution in [0.3, 0.4) is 0 Å². The van der Waals surface area contributed by atoms with Crippen LogP contribution in [-0.2, 0) is 13.1 Å². The minimum absolute atomic E-state index is 0.149. The standard InChI is InChI=1S/C19H16F2N8O/c1-30-18-15(10-28(27-18)11-16(20)21)25-19-23-7-14-8-24-29(17(14)26-19)9-13-5-3-2-4-12(13)6-22/h2-5,7-8,10,16H,9,11H2,1H3,(H,23,25,26). The molecule has 9 nitrogen and oxygen atoms in total. The summed E-state index contributed by atoms with van der Waals surface area (Å²) in [6.45, 7) is -0.192. The summed E-state index contributed by atoms with van der Waals surface area (Å²) in [5, 5.41) is 21.2. The Morgan fingerprint density at radius 2 is 2.10 bits per heavy atom. The fourth-order valence-electron chi connectivity index (χ4n) is 2.97. The Kier molecular flexibility index (Phi) is 5.21. The summed E-state index contributed by atoms with van der Waals surface area (Å²) in [4.78, 5) is 8.72. The molecule has 1 aromatic carbocycles. The average molecular weight is 410 g/mol. The van der Waals surface area contributed by atoms with Crippen molar-refractivity contribution in [2.45, 2.75) is 19.5 Å². The molecule has 0 fully saturated rings. The van der Waals surface area contributed by atoms with Crippen molar-refractivity contribution in [1.29, 1.82) is 5.26 Å². The van der Waals surface area contributed by atoms with Gasteiger partial charge in [0.2, 0.25) is 5.95 Å². The first-order valence-electron chi connectivity index (χ1n) is 8.90. The van der Waals surface area contributed by atoms with Crippen molar-refractivity contribution < 1.29 is 13.5 Å². The van der Waals surface area contributed by atoms with Gasteiger partial charge in [-0.05, 0) is 11.6 Å². The zero-order valence-corrected chi connectivity index (χ0v) is 15.8. The largest absolute Gasteiger partial charge is 0.478 e. The van der Waals surface area contributed by atoms with Crippen LogP contribution in [0.5, 0.6) is 5.88 Å². The van der Waals surface area contributed by atoms with E-state index in [4.69, 9.17) is 4.74 Å². The molecule has 1 N–H and O–H groups in total. The van der Waals surface area contributed by atoms with Crippen molar-refractivity contribution in [3.05, 3.63) is 54.0 Å². The topological polar surface area (TPSA) is 106 Å². The molecule has 30 heavy (non-hydrogen) atoms. The number of methoxy groups -OCH3 is 1. The van der Waals surface area contributed by atoms with Crippen molar-refractivity contribution >= 4 is 22.7 Å². The number of aromatic nitrogens is 6. The van der Waals surface area contributed by atoms with Crippen LogP contribution in [0.4, 0.5) is 20.4 Å². The van der Waals surface area contributed by atoms with Crippen molar-refractivity contribution in [1.82, 2.24) is 29.5 Å². The lowest BCUT2D eigenvalue weighted by molar-refractivity contribution is 0.121. The van der Waals surface area contributed by atoms with Gasteiger partial charge in [-0.3, -0.25) is 4.68 Å². The summed E-state index contributed by atoms with van der Waals surface area (Å²) in [6.07, 6.45) is 2.09. The summed E-state index contributed by atoms with van der Waals surface area (Å²) >= 11 is 0. The molecular formula is C19H16F2N8O. The molecule has 152 valence electrons. The first-order valence-corrected chi connectivity index (χ1v) is 8.90. The molecule has 3 aromatic heterocycles. The molecule has 0 saturated carbocycles. The Balaban J connectivity index is 1.63. The molecule has 0 radical (unpaired) electrons. The van der Waals surface area contributed by atoms with E-state index in [9.17, 15) is 14.0 Å². The molecular weight excluding hydrogens is 394 g/mol. The summed E-state index contributed by atoms with van der Waals surface area (Å²) in [6, 6.07) is 9.42. The Labute approximate surface area is 169 Å². The second-order valence-electron chi connectivity index (χ2n) is 6.33. The van der Waals surface area contributed by atoms with E-state index in [1.807, 2.05) is 12.1 Å². The molecule has 0 saturated heterocycles. The maximum Gasteiger partial charge on any atom is 0.257 e.